The summed E-state index contributed by atoms with van der Waals surface area (Å²) < 4.78 is 1.79. The molecule has 4 rings (SSSR count). The molecular formula is C22H27N7O2S2. The SMILES string of the molecule is C[C@@H](NC(=O)c1ccccc1)c1nnc(SCC(=O)Nc2nnc(C3CCCCC3)s2)n1C. The standard InChI is InChI=1S/C22H27N7O2S2/c1-14(23-19(31)15-9-5-3-6-10-15)18-25-28-22(29(18)2)32-13-17(30)24-21-27-26-20(33-21)16-11-7-4-8-12-16/h3,5-6,9-10,14,16H,4,7-8,11-13H2,1-2H3,(H,23,31)(H,24,27,30)/t14-/m1/s1. The quantitative estimate of drug-likeness (QED) is 0.465. The van der Waals surface area contributed by atoms with Crippen LogP contribution in [0.25, 0.3) is 0 Å². The lowest BCUT2D eigenvalue weighted by molar-refractivity contribution is -0.113. The van der Waals surface area contributed by atoms with Gasteiger partial charge < -0.3 is 9.88 Å². The van der Waals surface area contributed by atoms with Gasteiger partial charge in [-0.15, -0.1) is 20.4 Å². The van der Waals surface area contributed by atoms with E-state index in [2.05, 4.69) is 31.0 Å². The molecule has 0 spiro atoms. The minimum atomic E-state index is -0.335. The van der Waals surface area contributed by atoms with Crippen molar-refractivity contribution in [2.75, 3.05) is 11.1 Å². The highest BCUT2D eigenvalue weighted by Crippen LogP contribution is 2.35. The van der Waals surface area contributed by atoms with Crippen LogP contribution in [0.15, 0.2) is 35.5 Å². The van der Waals surface area contributed by atoms with Gasteiger partial charge in [-0.2, -0.15) is 0 Å². The smallest absolute Gasteiger partial charge is 0.251 e. The molecule has 2 amide bonds. The van der Waals surface area contributed by atoms with Gasteiger partial charge in [-0.1, -0.05) is 60.6 Å². The van der Waals surface area contributed by atoms with E-state index in [-0.39, 0.29) is 23.6 Å². The molecule has 174 valence electrons. The predicted molar refractivity (Wildman–Crippen MR) is 128 cm³/mol. The monoisotopic (exact) mass is 485 g/mol. The number of carbonyl (C=O) groups is 2. The van der Waals surface area contributed by atoms with Crippen molar-refractivity contribution in [2.24, 2.45) is 7.05 Å². The van der Waals surface area contributed by atoms with Crippen LogP contribution in [0.5, 0.6) is 0 Å². The van der Waals surface area contributed by atoms with E-state index in [9.17, 15) is 9.59 Å². The van der Waals surface area contributed by atoms with Crippen LogP contribution in [-0.2, 0) is 11.8 Å². The largest absolute Gasteiger partial charge is 0.342 e. The highest BCUT2D eigenvalue weighted by Gasteiger charge is 2.21. The van der Waals surface area contributed by atoms with Gasteiger partial charge in [0.05, 0.1) is 11.8 Å². The Morgan fingerprint density at radius 2 is 1.88 bits per heavy atom. The number of anilines is 1. The van der Waals surface area contributed by atoms with E-state index in [1.54, 1.807) is 16.7 Å². The maximum Gasteiger partial charge on any atom is 0.251 e. The van der Waals surface area contributed by atoms with Gasteiger partial charge in [-0.05, 0) is 31.9 Å². The van der Waals surface area contributed by atoms with Crippen LogP contribution in [0.4, 0.5) is 5.13 Å². The summed E-state index contributed by atoms with van der Waals surface area (Å²) in [7, 11) is 1.82. The second kappa shape index (κ2) is 10.9. The molecule has 9 nitrogen and oxygen atoms in total. The van der Waals surface area contributed by atoms with Crippen LogP contribution < -0.4 is 10.6 Å². The summed E-state index contributed by atoms with van der Waals surface area (Å²) in [6, 6.07) is 8.69. The summed E-state index contributed by atoms with van der Waals surface area (Å²) >= 11 is 2.75. The number of benzene rings is 1. The normalized spacial score (nSPS) is 15.2. The lowest BCUT2D eigenvalue weighted by Gasteiger charge is -2.18. The Morgan fingerprint density at radius 1 is 1.12 bits per heavy atom. The van der Waals surface area contributed by atoms with Crippen LogP contribution in [-0.4, -0.2) is 42.5 Å². The summed E-state index contributed by atoms with van der Waals surface area (Å²) in [6.07, 6.45) is 6.06. The van der Waals surface area contributed by atoms with Gasteiger partial charge in [0.15, 0.2) is 11.0 Å². The Kier molecular flexibility index (Phi) is 7.71. The van der Waals surface area contributed by atoms with E-state index < -0.39 is 0 Å². The summed E-state index contributed by atoms with van der Waals surface area (Å²) in [6.45, 7) is 1.85. The summed E-state index contributed by atoms with van der Waals surface area (Å²) in [5.74, 6) is 0.918. The number of thioether (sulfide) groups is 1. The average molecular weight is 486 g/mol. The molecular weight excluding hydrogens is 458 g/mol. The van der Waals surface area contributed by atoms with E-state index in [0.29, 0.717) is 27.6 Å². The average Bonchev–Trinajstić information content (AvgIpc) is 3.45. The van der Waals surface area contributed by atoms with Crippen LogP contribution in [0.2, 0.25) is 0 Å². The molecule has 0 unspecified atom stereocenters. The molecule has 0 aliphatic heterocycles. The Morgan fingerprint density at radius 3 is 2.64 bits per heavy atom. The van der Waals surface area contributed by atoms with Gasteiger partial charge in [0.2, 0.25) is 11.0 Å². The van der Waals surface area contributed by atoms with Crippen molar-refractivity contribution in [3.8, 4) is 0 Å². The molecule has 11 heteroatoms. The third kappa shape index (κ3) is 5.97. The number of hydrogen-bond acceptors (Lipinski definition) is 8. The molecule has 1 aliphatic carbocycles. The zero-order valence-corrected chi connectivity index (χ0v) is 20.3. The molecule has 0 radical (unpaired) electrons. The van der Waals surface area contributed by atoms with Gasteiger partial charge in [0.25, 0.3) is 5.91 Å². The second-order valence-electron chi connectivity index (χ2n) is 8.08. The van der Waals surface area contributed by atoms with Crippen LogP contribution in [0.1, 0.15) is 72.2 Å². The van der Waals surface area contributed by atoms with Gasteiger partial charge in [0, 0.05) is 18.5 Å². The Labute approximate surface area is 200 Å². The molecule has 0 bridgehead atoms. The molecule has 2 heterocycles. The minimum Gasteiger partial charge on any atom is -0.342 e. The van der Waals surface area contributed by atoms with E-state index in [4.69, 9.17) is 0 Å². The van der Waals surface area contributed by atoms with Crippen LogP contribution >= 0.6 is 23.1 Å². The second-order valence-corrected chi connectivity index (χ2v) is 10.0. The van der Waals surface area contributed by atoms with Gasteiger partial charge in [-0.3, -0.25) is 14.9 Å². The molecule has 2 aromatic heterocycles. The maximum absolute atomic E-state index is 12.4. The lowest BCUT2D eigenvalue weighted by Crippen LogP contribution is -2.28. The molecule has 3 aromatic rings. The number of hydrogen-bond donors (Lipinski definition) is 2. The zero-order chi connectivity index (χ0) is 23.2. The van der Waals surface area contributed by atoms with Crippen molar-refractivity contribution >= 4 is 40.0 Å². The van der Waals surface area contributed by atoms with Gasteiger partial charge in [-0.25, -0.2) is 0 Å². The minimum absolute atomic E-state index is 0.165. The Hall–Kier alpha value is -2.79. The third-order valence-corrected chi connectivity index (χ3v) is 7.63. The first-order valence-electron chi connectivity index (χ1n) is 11.0. The third-order valence-electron chi connectivity index (χ3n) is 5.61. The molecule has 1 saturated carbocycles. The first kappa shape index (κ1) is 23.4. The molecule has 1 fully saturated rings. The number of aromatic nitrogens is 5. The summed E-state index contributed by atoms with van der Waals surface area (Å²) in [4.78, 5) is 24.8. The molecule has 0 saturated heterocycles. The lowest BCUT2D eigenvalue weighted by atomic mass is 9.90. The summed E-state index contributed by atoms with van der Waals surface area (Å²) in [5, 5.41) is 24.7. The predicted octanol–water partition coefficient (Wildman–Crippen LogP) is 3.94. The number of amides is 2. The zero-order valence-electron chi connectivity index (χ0n) is 18.7. The van der Waals surface area contributed by atoms with E-state index in [1.165, 1.54) is 42.4 Å². The molecule has 1 aromatic carbocycles. The van der Waals surface area contributed by atoms with Crippen molar-refractivity contribution in [1.82, 2.24) is 30.3 Å². The number of carbonyl (C=O) groups excluding carboxylic acids is 2. The van der Waals surface area contributed by atoms with E-state index in [0.717, 1.165) is 17.8 Å². The van der Waals surface area contributed by atoms with E-state index in [1.807, 2.05) is 32.2 Å². The Balaban J connectivity index is 1.29. The first-order valence-corrected chi connectivity index (χ1v) is 12.8. The van der Waals surface area contributed by atoms with Crippen LogP contribution in [0, 0.1) is 0 Å². The number of rotatable bonds is 8. The number of nitrogens with one attached hydrogen (secondary N) is 2. The first-order chi connectivity index (χ1) is 16.0. The highest BCUT2D eigenvalue weighted by molar-refractivity contribution is 7.99. The fourth-order valence-corrected chi connectivity index (χ4v) is 5.49. The van der Waals surface area contributed by atoms with Crippen molar-refractivity contribution in [3.63, 3.8) is 0 Å². The number of nitrogens with zero attached hydrogens (tertiary/aromatic N) is 5. The van der Waals surface area contributed by atoms with Crippen molar-refractivity contribution in [3.05, 3.63) is 46.7 Å². The fourth-order valence-electron chi connectivity index (χ4n) is 3.85. The Bertz CT molecular complexity index is 1090. The van der Waals surface area contributed by atoms with Crippen molar-refractivity contribution in [1.29, 1.82) is 0 Å². The van der Waals surface area contributed by atoms with Crippen LogP contribution in [0.3, 0.4) is 0 Å². The fraction of sp³-hybridized carbons (Fsp3) is 0.455. The van der Waals surface area contributed by atoms with Gasteiger partial charge in [0.1, 0.15) is 5.01 Å². The maximum atomic E-state index is 12.4. The summed E-state index contributed by atoms with van der Waals surface area (Å²) in [5.41, 5.74) is 0.584. The molecule has 2 N–H and O–H groups in total. The van der Waals surface area contributed by atoms with Crippen molar-refractivity contribution < 1.29 is 9.59 Å². The van der Waals surface area contributed by atoms with Crippen molar-refractivity contribution in [2.45, 2.75) is 56.1 Å². The highest BCUT2D eigenvalue weighted by atomic mass is 32.2. The van der Waals surface area contributed by atoms with Gasteiger partial charge >= 0.3 is 0 Å². The van der Waals surface area contributed by atoms with E-state index >= 15 is 0 Å². The molecule has 1 aliphatic rings. The topological polar surface area (TPSA) is 115 Å². The molecule has 33 heavy (non-hydrogen) atoms. The molecule has 1 atom stereocenters.